The van der Waals surface area contributed by atoms with Crippen molar-refractivity contribution in [3.8, 4) is 5.75 Å². The first kappa shape index (κ1) is 13.6. The number of halogens is 1. The second-order valence-corrected chi connectivity index (χ2v) is 4.42. The van der Waals surface area contributed by atoms with E-state index in [1.54, 1.807) is 11.8 Å². The quantitative estimate of drug-likeness (QED) is 0.829. The Hall–Kier alpha value is -1.82. The molecule has 0 radical (unpaired) electrons. The molecular formula is C13H17FN2O3. The molecule has 0 unspecified atom stereocenters. The Morgan fingerprint density at radius 1 is 1.47 bits per heavy atom. The smallest absolute Gasteiger partial charge is 0.260 e. The molecule has 1 saturated heterocycles. The molecule has 5 nitrogen and oxygen atoms in total. The number of nitrogens with two attached hydrogens (primary N) is 1. The van der Waals surface area contributed by atoms with Crippen LogP contribution in [0.25, 0.3) is 0 Å². The Labute approximate surface area is 111 Å². The van der Waals surface area contributed by atoms with Crippen LogP contribution in [0.3, 0.4) is 0 Å². The average molecular weight is 268 g/mol. The van der Waals surface area contributed by atoms with Gasteiger partial charge in [-0.3, -0.25) is 4.79 Å². The van der Waals surface area contributed by atoms with Gasteiger partial charge in [0.2, 0.25) is 0 Å². The number of carbonyl (C=O) groups excluding carboxylic acids is 1. The largest absolute Gasteiger partial charge is 0.481 e. The first-order valence-corrected chi connectivity index (χ1v) is 6.12. The maximum Gasteiger partial charge on any atom is 0.260 e. The Kier molecular flexibility index (Phi) is 4.21. The highest BCUT2D eigenvalue weighted by molar-refractivity contribution is 5.77. The maximum atomic E-state index is 13.6. The summed E-state index contributed by atoms with van der Waals surface area (Å²) in [4.78, 5) is 13.5. The lowest BCUT2D eigenvalue weighted by Crippen LogP contribution is -2.43. The highest BCUT2D eigenvalue weighted by Gasteiger charge is 2.18. The molecule has 0 atom stereocenters. The third kappa shape index (κ3) is 3.35. The minimum absolute atomic E-state index is 0.0494. The molecule has 0 spiro atoms. The summed E-state index contributed by atoms with van der Waals surface area (Å²) in [5.74, 6) is -0.677. The molecule has 2 N–H and O–H groups in total. The van der Waals surface area contributed by atoms with Crippen molar-refractivity contribution in [3.05, 3.63) is 23.5 Å². The van der Waals surface area contributed by atoms with Crippen molar-refractivity contribution >= 4 is 11.6 Å². The predicted molar refractivity (Wildman–Crippen MR) is 68.4 cm³/mol. The van der Waals surface area contributed by atoms with Crippen LogP contribution in [0.2, 0.25) is 0 Å². The van der Waals surface area contributed by atoms with Crippen molar-refractivity contribution in [1.82, 2.24) is 4.90 Å². The highest BCUT2D eigenvalue weighted by atomic mass is 19.1. The zero-order chi connectivity index (χ0) is 13.8. The number of carbonyl (C=O) groups is 1. The van der Waals surface area contributed by atoms with E-state index in [1.165, 1.54) is 12.1 Å². The second-order valence-electron chi connectivity index (χ2n) is 4.42. The normalized spacial score (nSPS) is 15.4. The van der Waals surface area contributed by atoms with Crippen molar-refractivity contribution in [1.29, 1.82) is 0 Å². The van der Waals surface area contributed by atoms with Crippen LogP contribution in [-0.4, -0.2) is 43.7 Å². The monoisotopic (exact) mass is 268 g/mol. The van der Waals surface area contributed by atoms with Crippen molar-refractivity contribution < 1.29 is 18.7 Å². The summed E-state index contributed by atoms with van der Waals surface area (Å²) < 4.78 is 24.0. The predicted octanol–water partition coefficient (Wildman–Crippen LogP) is 0.954. The summed E-state index contributed by atoms with van der Waals surface area (Å²) in [6.45, 7) is 3.73. The summed E-state index contributed by atoms with van der Waals surface area (Å²) in [5.41, 5.74) is 6.66. The van der Waals surface area contributed by atoms with Gasteiger partial charge in [-0.05, 0) is 18.6 Å². The molecule has 1 amide bonds. The molecule has 1 aromatic carbocycles. The molecule has 2 rings (SSSR count). The number of morpholine rings is 1. The lowest BCUT2D eigenvalue weighted by atomic mass is 10.2. The topological polar surface area (TPSA) is 64.8 Å². The van der Waals surface area contributed by atoms with Crippen LogP contribution in [0.15, 0.2) is 12.1 Å². The maximum absolute atomic E-state index is 13.6. The van der Waals surface area contributed by atoms with Gasteiger partial charge < -0.3 is 20.1 Å². The van der Waals surface area contributed by atoms with E-state index in [0.29, 0.717) is 32.0 Å². The second kappa shape index (κ2) is 5.88. The molecular weight excluding hydrogens is 251 g/mol. The Morgan fingerprint density at radius 3 is 2.84 bits per heavy atom. The lowest BCUT2D eigenvalue weighted by Gasteiger charge is -2.26. The number of rotatable bonds is 3. The van der Waals surface area contributed by atoms with Gasteiger partial charge in [-0.2, -0.15) is 0 Å². The van der Waals surface area contributed by atoms with E-state index in [9.17, 15) is 9.18 Å². The molecule has 0 bridgehead atoms. The molecule has 1 heterocycles. The SMILES string of the molecule is Cc1cc(OCC(=O)N2CCOCC2)c(F)cc1N. The third-order valence-electron chi connectivity index (χ3n) is 3.04. The Bertz CT molecular complexity index is 473. The number of hydrogen-bond acceptors (Lipinski definition) is 4. The standard InChI is InChI=1S/C13H17FN2O3/c1-9-6-12(10(14)7-11(9)15)19-8-13(17)16-2-4-18-5-3-16/h6-7H,2-5,8,15H2,1H3. The van der Waals surface area contributed by atoms with Gasteiger partial charge in [0.05, 0.1) is 13.2 Å². The number of aryl methyl sites for hydroxylation is 1. The fraction of sp³-hybridized carbons (Fsp3) is 0.462. The minimum atomic E-state index is -0.558. The van der Waals surface area contributed by atoms with Gasteiger partial charge >= 0.3 is 0 Å². The molecule has 1 aliphatic heterocycles. The summed E-state index contributed by atoms with van der Waals surface area (Å²) in [7, 11) is 0. The molecule has 19 heavy (non-hydrogen) atoms. The number of anilines is 1. The first-order valence-electron chi connectivity index (χ1n) is 6.12. The number of ether oxygens (including phenoxy) is 2. The van der Waals surface area contributed by atoms with Gasteiger partial charge in [-0.1, -0.05) is 0 Å². The average Bonchev–Trinajstić information content (AvgIpc) is 2.42. The summed E-state index contributed by atoms with van der Waals surface area (Å²) in [6.07, 6.45) is 0. The van der Waals surface area contributed by atoms with E-state index in [1.807, 2.05) is 0 Å². The Morgan fingerprint density at radius 2 is 2.16 bits per heavy atom. The van der Waals surface area contributed by atoms with Crippen molar-refractivity contribution in [3.63, 3.8) is 0 Å². The summed E-state index contributed by atoms with van der Waals surface area (Å²) in [5, 5.41) is 0. The van der Waals surface area contributed by atoms with Gasteiger partial charge in [0.25, 0.3) is 5.91 Å². The van der Waals surface area contributed by atoms with Crippen molar-refractivity contribution in [2.45, 2.75) is 6.92 Å². The number of amides is 1. The third-order valence-corrected chi connectivity index (χ3v) is 3.04. The van der Waals surface area contributed by atoms with E-state index in [2.05, 4.69) is 0 Å². The van der Waals surface area contributed by atoms with Crippen LogP contribution < -0.4 is 10.5 Å². The Balaban J connectivity index is 1.94. The van der Waals surface area contributed by atoms with Crippen LogP contribution in [0.4, 0.5) is 10.1 Å². The summed E-state index contributed by atoms with van der Waals surface area (Å²) >= 11 is 0. The number of nitrogen functional groups attached to an aromatic ring is 1. The van der Waals surface area contributed by atoms with Gasteiger partial charge in [0, 0.05) is 24.8 Å². The lowest BCUT2D eigenvalue weighted by molar-refractivity contribution is -0.137. The van der Waals surface area contributed by atoms with Gasteiger partial charge in [0.1, 0.15) is 0 Å². The van der Waals surface area contributed by atoms with E-state index >= 15 is 0 Å². The fourth-order valence-corrected chi connectivity index (χ4v) is 1.82. The minimum Gasteiger partial charge on any atom is -0.481 e. The van der Waals surface area contributed by atoms with Crippen molar-refractivity contribution in [2.24, 2.45) is 0 Å². The molecule has 1 fully saturated rings. The molecule has 6 heteroatoms. The van der Waals surface area contributed by atoms with Crippen LogP contribution >= 0.6 is 0 Å². The van der Waals surface area contributed by atoms with E-state index in [0.717, 1.165) is 5.56 Å². The highest BCUT2D eigenvalue weighted by Crippen LogP contribution is 2.23. The van der Waals surface area contributed by atoms with E-state index in [4.69, 9.17) is 15.2 Å². The van der Waals surface area contributed by atoms with Crippen LogP contribution in [0, 0.1) is 12.7 Å². The summed E-state index contributed by atoms with van der Waals surface area (Å²) in [6, 6.07) is 2.70. The van der Waals surface area contributed by atoms with Gasteiger partial charge in [-0.25, -0.2) is 4.39 Å². The van der Waals surface area contributed by atoms with E-state index < -0.39 is 5.82 Å². The number of benzene rings is 1. The van der Waals surface area contributed by atoms with Crippen LogP contribution in [0.1, 0.15) is 5.56 Å². The first-order chi connectivity index (χ1) is 9.08. The molecule has 0 aromatic heterocycles. The van der Waals surface area contributed by atoms with Crippen LogP contribution in [-0.2, 0) is 9.53 Å². The molecule has 1 aliphatic rings. The number of nitrogens with zero attached hydrogens (tertiary/aromatic N) is 1. The molecule has 0 saturated carbocycles. The molecule has 104 valence electrons. The zero-order valence-corrected chi connectivity index (χ0v) is 10.8. The van der Waals surface area contributed by atoms with Gasteiger partial charge in [-0.15, -0.1) is 0 Å². The van der Waals surface area contributed by atoms with E-state index in [-0.39, 0.29) is 18.3 Å². The molecule has 0 aliphatic carbocycles. The van der Waals surface area contributed by atoms with Crippen molar-refractivity contribution in [2.75, 3.05) is 38.6 Å². The molecule has 1 aromatic rings. The number of hydrogen-bond donors (Lipinski definition) is 1. The fourth-order valence-electron chi connectivity index (χ4n) is 1.82. The van der Waals surface area contributed by atoms with Gasteiger partial charge in [0.15, 0.2) is 18.2 Å². The van der Waals surface area contributed by atoms with Crippen LogP contribution in [0.5, 0.6) is 5.75 Å². The zero-order valence-electron chi connectivity index (χ0n) is 10.8.